The van der Waals surface area contributed by atoms with Gasteiger partial charge < -0.3 is 14.7 Å². The minimum atomic E-state index is -0.0615. The number of carbonyl (C=O) groups excluding carboxylic acids is 2. The van der Waals surface area contributed by atoms with E-state index in [9.17, 15) is 9.59 Å². The van der Waals surface area contributed by atoms with Crippen LogP contribution in [-0.2, 0) is 6.42 Å². The van der Waals surface area contributed by atoms with Crippen molar-refractivity contribution in [2.75, 3.05) is 56.1 Å². The first-order valence-corrected chi connectivity index (χ1v) is 10.5. The van der Waals surface area contributed by atoms with E-state index in [1.807, 2.05) is 11.1 Å². The Bertz CT molecular complexity index is 937. The van der Waals surface area contributed by atoms with E-state index in [0.29, 0.717) is 37.6 Å². The highest BCUT2D eigenvalue weighted by Crippen LogP contribution is 2.21. The number of anilines is 2. The van der Waals surface area contributed by atoms with Crippen molar-refractivity contribution in [2.45, 2.75) is 20.3 Å². The van der Waals surface area contributed by atoms with Crippen LogP contribution in [0.1, 0.15) is 28.4 Å². The third kappa shape index (κ3) is 3.81. The van der Waals surface area contributed by atoms with Gasteiger partial charge >= 0.3 is 6.03 Å². The Kier molecular flexibility index (Phi) is 5.57. The number of pyridine rings is 2. The van der Waals surface area contributed by atoms with Crippen LogP contribution in [0.5, 0.6) is 0 Å². The standard InChI is InChI=1S/C22H28N6O2/c1-4-17-13-16(2)20(24-14-17)26-8-10-27(11-9-26)21(29)18-5-6-19(23-15-18)28-12-7-25(3)22(28)30/h5-6,13-15H,4,7-12H2,1-3H3. The lowest BCUT2D eigenvalue weighted by Gasteiger charge is -2.36. The van der Waals surface area contributed by atoms with Crippen molar-refractivity contribution >= 4 is 23.6 Å². The number of urea groups is 1. The van der Waals surface area contributed by atoms with Gasteiger partial charge in [-0.3, -0.25) is 9.69 Å². The molecule has 0 saturated carbocycles. The van der Waals surface area contributed by atoms with Gasteiger partial charge in [0, 0.05) is 58.7 Å². The number of carbonyl (C=O) groups is 2. The second-order valence-electron chi connectivity index (χ2n) is 7.88. The molecule has 2 fully saturated rings. The summed E-state index contributed by atoms with van der Waals surface area (Å²) in [6.07, 6.45) is 4.49. The van der Waals surface area contributed by atoms with Crippen molar-refractivity contribution in [3.63, 3.8) is 0 Å². The second kappa shape index (κ2) is 8.30. The summed E-state index contributed by atoms with van der Waals surface area (Å²) in [5.41, 5.74) is 2.97. The minimum absolute atomic E-state index is 0.0235. The van der Waals surface area contributed by atoms with E-state index < -0.39 is 0 Å². The average molecular weight is 409 g/mol. The Labute approximate surface area is 177 Å². The van der Waals surface area contributed by atoms with Crippen LogP contribution in [-0.4, -0.2) is 78.0 Å². The normalized spacial score (nSPS) is 17.1. The van der Waals surface area contributed by atoms with Gasteiger partial charge in [0.2, 0.25) is 0 Å². The van der Waals surface area contributed by atoms with E-state index >= 15 is 0 Å². The van der Waals surface area contributed by atoms with Gasteiger partial charge in [-0.2, -0.15) is 0 Å². The number of likely N-dealkylation sites (N-methyl/N-ethyl adjacent to an activating group) is 1. The van der Waals surface area contributed by atoms with E-state index in [2.05, 4.69) is 34.8 Å². The number of piperazine rings is 1. The largest absolute Gasteiger partial charge is 0.353 e. The number of hydrogen-bond donors (Lipinski definition) is 0. The van der Waals surface area contributed by atoms with Gasteiger partial charge in [-0.15, -0.1) is 0 Å². The van der Waals surface area contributed by atoms with E-state index in [0.717, 1.165) is 25.3 Å². The lowest BCUT2D eigenvalue weighted by molar-refractivity contribution is 0.0746. The molecule has 8 heteroatoms. The summed E-state index contributed by atoms with van der Waals surface area (Å²) in [5, 5.41) is 0. The molecule has 0 spiro atoms. The number of rotatable bonds is 4. The Morgan fingerprint density at radius 2 is 1.80 bits per heavy atom. The maximum atomic E-state index is 12.9. The molecule has 2 aliphatic rings. The smallest absolute Gasteiger partial charge is 0.325 e. The maximum Gasteiger partial charge on any atom is 0.325 e. The predicted molar refractivity (Wildman–Crippen MR) is 116 cm³/mol. The molecular weight excluding hydrogens is 380 g/mol. The molecule has 0 N–H and O–H groups in total. The van der Waals surface area contributed by atoms with Crippen molar-refractivity contribution in [1.29, 1.82) is 0 Å². The SMILES string of the molecule is CCc1cnc(N2CCN(C(=O)c3ccc(N4CCN(C)C4=O)nc3)CC2)c(C)c1. The Morgan fingerprint density at radius 1 is 1.03 bits per heavy atom. The molecule has 158 valence electrons. The Hall–Kier alpha value is -3.16. The molecule has 0 aromatic carbocycles. The van der Waals surface area contributed by atoms with Crippen LogP contribution in [0, 0.1) is 6.92 Å². The van der Waals surface area contributed by atoms with Gasteiger partial charge in [0.1, 0.15) is 11.6 Å². The van der Waals surface area contributed by atoms with Gasteiger partial charge in [-0.25, -0.2) is 14.8 Å². The van der Waals surface area contributed by atoms with E-state index in [-0.39, 0.29) is 11.9 Å². The molecule has 8 nitrogen and oxygen atoms in total. The van der Waals surface area contributed by atoms with E-state index in [1.54, 1.807) is 35.2 Å². The summed E-state index contributed by atoms with van der Waals surface area (Å²) in [7, 11) is 1.77. The summed E-state index contributed by atoms with van der Waals surface area (Å²) >= 11 is 0. The zero-order valence-electron chi connectivity index (χ0n) is 17.8. The maximum absolute atomic E-state index is 12.9. The van der Waals surface area contributed by atoms with Gasteiger partial charge in [0.25, 0.3) is 5.91 Å². The van der Waals surface area contributed by atoms with Crippen LogP contribution in [0.25, 0.3) is 0 Å². The van der Waals surface area contributed by atoms with Crippen LogP contribution >= 0.6 is 0 Å². The molecule has 0 aliphatic carbocycles. The molecule has 0 bridgehead atoms. The highest BCUT2D eigenvalue weighted by Gasteiger charge is 2.28. The van der Waals surface area contributed by atoms with Crippen LogP contribution in [0.15, 0.2) is 30.6 Å². The van der Waals surface area contributed by atoms with Crippen molar-refractivity contribution in [3.05, 3.63) is 47.3 Å². The average Bonchev–Trinajstić information content (AvgIpc) is 3.11. The fraction of sp³-hybridized carbons (Fsp3) is 0.455. The first kappa shape index (κ1) is 20.1. The van der Waals surface area contributed by atoms with Crippen molar-refractivity contribution in [2.24, 2.45) is 0 Å². The van der Waals surface area contributed by atoms with Gasteiger partial charge in [0.05, 0.1) is 5.56 Å². The zero-order chi connectivity index (χ0) is 21.3. The first-order valence-electron chi connectivity index (χ1n) is 10.5. The number of hydrogen-bond acceptors (Lipinski definition) is 5. The van der Waals surface area contributed by atoms with Gasteiger partial charge in [-0.1, -0.05) is 13.0 Å². The molecule has 2 aromatic rings. The van der Waals surface area contributed by atoms with Crippen LogP contribution in [0.3, 0.4) is 0 Å². The summed E-state index contributed by atoms with van der Waals surface area (Å²) in [6.45, 7) is 8.32. The Morgan fingerprint density at radius 3 is 2.37 bits per heavy atom. The molecule has 0 unspecified atom stereocenters. The van der Waals surface area contributed by atoms with Crippen molar-refractivity contribution in [1.82, 2.24) is 19.8 Å². The molecule has 4 heterocycles. The second-order valence-corrected chi connectivity index (χ2v) is 7.88. The van der Waals surface area contributed by atoms with Crippen molar-refractivity contribution < 1.29 is 9.59 Å². The summed E-state index contributed by atoms with van der Waals surface area (Å²) in [4.78, 5) is 41.4. The van der Waals surface area contributed by atoms with E-state index in [1.165, 1.54) is 11.1 Å². The van der Waals surface area contributed by atoms with Crippen LogP contribution in [0.2, 0.25) is 0 Å². The monoisotopic (exact) mass is 408 g/mol. The molecule has 2 aromatic heterocycles. The highest BCUT2D eigenvalue weighted by atomic mass is 16.2. The summed E-state index contributed by atoms with van der Waals surface area (Å²) < 4.78 is 0. The molecular formula is C22H28N6O2. The Balaban J connectivity index is 1.38. The summed E-state index contributed by atoms with van der Waals surface area (Å²) in [6, 6.07) is 5.64. The minimum Gasteiger partial charge on any atom is -0.353 e. The van der Waals surface area contributed by atoms with E-state index in [4.69, 9.17) is 0 Å². The highest BCUT2D eigenvalue weighted by molar-refractivity contribution is 5.96. The molecule has 3 amide bonds. The molecule has 2 aliphatic heterocycles. The quantitative estimate of drug-likeness (QED) is 0.775. The third-order valence-corrected chi connectivity index (χ3v) is 5.87. The number of aryl methyl sites for hydroxylation is 2. The molecule has 4 rings (SSSR count). The zero-order valence-corrected chi connectivity index (χ0v) is 17.8. The fourth-order valence-electron chi connectivity index (χ4n) is 3.99. The van der Waals surface area contributed by atoms with Gasteiger partial charge in [-0.05, 0) is 36.6 Å². The number of amides is 3. The number of aromatic nitrogens is 2. The lowest BCUT2D eigenvalue weighted by Crippen LogP contribution is -2.49. The number of nitrogens with zero attached hydrogens (tertiary/aromatic N) is 6. The first-order chi connectivity index (χ1) is 14.5. The van der Waals surface area contributed by atoms with Crippen molar-refractivity contribution in [3.8, 4) is 0 Å². The fourth-order valence-corrected chi connectivity index (χ4v) is 3.99. The van der Waals surface area contributed by atoms with Gasteiger partial charge in [0.15, 0.2) is 0 Å². The molecule has 0 radical (unpaired) electrons. The molecule has 2 saturated heterocycles. The topological polar surface area (TPSA) is 72.9 Å². The predicted octanol–water partition coefficient (Wildman–Crippen LogP) is 2.18. The molecule has 0 atom stereocenters. The molecule has 30 heavy (non-hydrogen) atoms. The van der Waals surface area contributed by atoms with Crippen LogP contribution in [0.4, 0.5) is 16.4 Å². The third-order valence-electron chi connectivity index (χ3n) is 5.87. The van der Waals surface area contributed by atoms with Crippen LogP contribution < -0.4 is 9.80 Å². The lowest BCUT2D eigenvalue weighted by atomic mass is 10.1. The summed E-state index contributed by atoms with van der Waals surface area (Å²) in [5.74, 6) is 1.57.